The average Bonchev–Trinajstić information content (AvgIpc) is 3.24. The summed E-state index contributed by atoms with van der Waals surface area (Å²) in [4.78, 5) is 37.3. The molecule has 2 amide bonds. The molecule has 5 aliphatic carbocycles. The number of benzene rings is 2. The molecule has 4 bridgehead atoms. The molecule has 3 N–H and O–H groups in total. The Kier molecular flexibility index (Phi) is 7.20. The smallest absolute Gasteiger partial charge is 0.407 e. The first-order chi connectivity index (χ1) is 19.6. The number of carboxylic acids is 1. The number of hydrogen-bond acceptors (Lipinski definition) is 5. The van der Waals surface area contributed by atoms with Gasteiger partial charge in [-0.2, -0.15) is 0 Å². The first kappa shape index (κ1) is 27.6. The zero-order chi connectivity index (χ0) is 28.8. The lowest BCUT2D eigenvalue weighted by atomic mass is 9.46. The number of alkyl carbamates (subject to hydrolysis) is 2. The van der Waals surface area contributed by atoms with Gasteiger partial charge < -0.3 is 25.2 Å². The van der Waals surface area contributed by atoms with E-state index < -0.39 is 29.8 Å². The van der Waals surface area contributed by atoms with Crippen molar-refractivity contribution in [2.24, 2.45) is 23.2 Å². The van der Waals surface area contributed by atoms with Gasteiger partial charge in [-0.1, -0.05) is 48.5 Å². The highest BCUT2D eigenvalue weighted by Crippen LogP contribution is 2.64. The van der Waals surface area contributed by atoms with Crippen molar-refractivity contribution in [3.05, 3.63) is 59.7 Å². The molecular formula is C33H40N2O6. The predicted molar refractivity (Wildman–Crippen MR) is 153 cm³/mol. The van der Waals surface area contributed by atoms with Gasteiger partial charge in [-0.25, -0.2) is 14.4 Å². The topological polar surface area (TPSA) is 114 Å². The molecule has 2 aromatic rings. The molecule has 7 rings (SSSR count). The number of fused-ring (bicyclic) bond motifs is 3. The van der Waals surface area contributed by atoms with Crippen LogP contribution >= 0.6 is 0 Å². The van der Waals surface area contributed by atoms with Crippen molar-refractivity contribution in [1.82, 2.24) is 10.6 Å². The largest absolute Gasteiger partial charge is 0.480 e. The van der Waals surface area contributed by atoms with Gasteiger partial charge in [0.15, 0.2) is 0 Å². The van der Waals surface area contributed by atoms with Gasteiger partial charge in [0, 0.05) is 17.9 Å². The minimum Gasteiger partial charge on any atom is -0.480 e. The molecule has 0 heterocycles. The van der Waals surface area contributed by atoms with Crippen molar-refractivity contribution in [1.29, 1.82) is 0 Å². The van der Waals surface area contributed by atoms with Crippen LogP contribution < -0.4 is 10.6 Å². The molecule has 0 radical (unpaired) electrons. The summed E-state index contributed by atoms with van der Waals surface area (Å²) in [5, 5.41) is 14.9. The van der Waals surface area contributed by atoms with Gasteiger partial charge in [-0.05, 0) is 98.8 Å². The van der Waals surface area contributed by atoms with Gasteiger partial charge in [0.1, 0.15) is 18.2 Å². The summed E-state index contributed by atoms with van der Waals surface area (Å²) >= 11 is 0. The Morgan fingerprint density at radius 2 is 1.44 bits per heavy atom. The number of carbonyl (C=O) groups is 3. The SMILES string of the molecule is CC(C)(OC(=O)NCCC(NC(=O)OCC1c2ccccc2-c2ccccc21)C(=O)O)C12CC3CC(CC(C3)C1)C2. The van der Waals surface area contributed by atoms with Crippen LogP contribution in [0.1, 0.15) is 75.8 Å². The molecule has 4 saturated carbocycles. The maximum absolute atomic E-state index is 12.8. The number of nitrogens with one attached hydrogen (secondary N) is 2. The van der Waals surface area contributed by atoms with Gasteiger partial charge in [-0.15, -0.1) is 0 Å². The van der Waals surface area contributed by atoms with E-state index in [-0.39, 0.29) is 30.9 Å². The summed E-state index contributed by atoms with van der Waals surface area (Å²) in [6.45, 7) is 4.20. The lowest BCUT2D eigenvalue weighted by molar-refractivity contribution is -0.162. The Balaban J connectivity index is 0.990. The fourth-order valence-electron chi connectivity index (χ4n) is 8.58. The van der Waals surface area contributed by atoms with Crippen molar-refractivity contribution in [2.45, 2.75) is 76.4 Å². The fourth-order valence-corrected chi connectivity index (χ4v) is 8.58. The summed E-state index contributed by atoms with van der Waals surface area (Å²) in [5.74, 6) is 0.917. The number of amides is 2. The molecule has 0 aromatic heterocycles. The fraction of sp³-hybridized carbons (Fsp3) is 0.545. The summed E-state index contributed by atoms with van der Waals surface area (Å²) in [7, 11) is 0. The van der Waals surface area contributed by atoms with E-state index in [1.807, 2.05) is 50.2 Å². The van der Waals surface area contributed by atoms with E-state index in [0.29, 0.717) is 0 Å². The highest BCUT2D eigenvalue weighted by Gasteiger charge is 2.58. The molecule has 0 saturated heterocycles. The molecule has 1 atom stereocenters. The van der Waals surface area contributed by atoms with Gasteiger partial charge >= 0.3 is 18.2 Å². The Labute approximate surface area is 241 Å². The maximum Gasteiger partial charge on any atom is 0.407 e. The molecule has 0 aliphatic heterocycles. The van der Waals surface area contributed by atoms with E-state index in [9.17, 15) is 19.5 Å². The second-order valence-electron chi connectivity index (χ2n) is 13.2. The summed E-state index contributed by atoms with van der Waals surface area (Å²) in [6.07, 6.45) is 5.95. The Bertz CT molecular complexity index is 1260. The normalized spacial score (nSPS) is 26.5. The van der Waals surface area contributed by atoms with Crippen LogP contribution in [0.5, 0.6) is 0 Å². The van der Waals surface area contributed by atoms with E-state index in [1.165, 1.54) is 19.3 Å². The van der Waals surface area contributed by atoms with Crippen LogP contribution in [0.2, 0.25) is 0 Å². The summed E-state index contributed by atoms with van der Waals surface area (Å²) in [5.41, 5.74) is 3.81. The second-order valence-corrected chi connectivity index (χ2v) is 13.2. The molecule has 4 fully saturated rings. The molecular weight excluding hydrogens is 520 g/mol. The molecule has 8 nitrogen and oxygen atoms in total. The van der Waals surface area contributed by atoms with Gasteiger partial charge in [-0.3, -0.25) is 0 Å². The zero-order valence-electron chi connectivity index (χ0n) is 23.9. The summed E-state index contributed by atoms with van der Waals surface area (Å²) in [6, 6.07) is 14.8. The first-order valence-corrected chi connectivity index (χ1v) is 15.0. The third kappa shape index (κ3) is 5.29. The lowest BCUT2D eigenvalue weighted by Crippen LogP contribution is -2.58. The second kappa shape index (κ2) is 10.7. The molecule has 5 aliphatic rings. The highest BCUT2D eigenvalue weighted by atomic mass is 16.6. The third-order valence-corrected chi connectivity index (χ3v) is 10.3. The number of carboxylic acid groups (broad SMARTS) is 1. The van der Waals surface area contributed by atoms with Crippen molar-refractivity contribution in [3.8, 4) is 11.1 Å². The maximum atomic E-state index is 12.8. The van der Waals surface area contributed by atoms with Gasteiger partial charge in [0.2, 0.25) is 0 Å². The highest BCUT2D eigenvalue weighted by molar-refractivity contribution is 5.81. The zero-order valence-corrected chi connectivity index (χ0v) is 23.9. The van der Waals surface area contributed by atoms with E-state index in [0.717, 1.165) is 59.3 Å². The average molecular weight is 561 g/mol. The van der Waals surface area contributed by atoms with Gasteiger partial charge in [0.05, 0.1) is 0 Å². The third-order valence-electron chi connectivity index (χ3n) is 10.3. The molecule has 0 spiro atoms. The minimum atomic E-state index is -1.21. The molecule has 218 valence electrons. The van der Waals surface area contributed by atoms with Crippen LogP contribution in [-0.4, -0.2) is 48.1 Å². The summed E-state index contributed by atoms with van der Waals surface area (Å²) < 4.78 is 11.5. The van der Waals surface area contributed by atoms with E-state index in [2.05, 4.69) is 22.8 Å². The number of aliphatic carboxylic acids is 1. The Hall–Kier alpha value is -3.55. The standard InChI is InChI=1S/C33H40N2O6/c1-32(2,33-16-20-13-21(17-33)15-22(14-20)18-33)41-30(38)34-12-11-28(29(36)37)35-31(39)40-19-27-25-9-5-3-7-23(25)24-8-4-6-10-26(24)27/h3-10,20-22,27-28H,11-19H2,1-2H3,(H,34,38)(H,35,39)(H,36,37). The van der Waals surface area contributed by atoms with Crippen molar-refractivity contribution in [2.75, 3.05) is 13.2 Å². The number of ether oxygens (including phenoxy) is 2. The van der Waals surface area contributed by atoms with Gasteiger partial charge in [0.25, 0.3) is 0 Å². The van der Waals surface area contributed by atoms with Crippen molar-refractivity contribution in [3.63, 3.8) is 0 Å². The molecule has 2 aromatic carbocycles. The van der Waals surface area contributed by atoms with Crippen LogP contribution in [0.4, 0.5) is 9.59 Å². The van der Waals surface area contributed by atoms with Crippen LogP contribution in [0.25, 0.3) is 11.1 Å². The monoisotopic (exact) mass is 560 g/mol. The van der Waals surface area contributed by atoms with E-state index in [1.54, 1.807) is 0 Å². The first-order valence-electron chi connectivity index (χ1n) is 15.0. The molecule has 8 heteroatoms. The van der Waals surface area contributed by atoms with Crippen LogP contribution in [0, 0.1) is 23.2 Å². The van der Waals surface area contributed by atoms with Crippen LogP contribution in [-0.2, 0) is 14.3 Å². The Morgan fingerprint density at radius 3 is 1.98 bits per heavy atom. The van der Waals surface area contributed by atoms with Crippen molar-refractivity contribution >= 4 is 18.2 Å². The lowest BCUT2D eigenvalue weighted by Gasteiger charge is -2.61. The van der Waals surface area contributed by atoms with Crippen LogP contribution in [0.15, 0.2) is 48.5 Å². The number of rotatable bonds is 9. The number of hydrogen-bond donors (Lipinski definition) is 3. The Morgan fingerprint density at radius 1 is 0.902 bits per heavy atom. The van der Waals surface area contributed by atoms with Crippen LogP contribution in [0.3, 0.4) is 0 Å². The predicted octanol–water partition coefficient (Wildman–Crippen LogP) is 6.09. The number of carbonyl (C=O) groups excluding carboxylic acids is 2. The minimum absolute atomic E-state index is 0.00637. The van der Waals surface area contributed by atoms with Crippen molar-refractivity contribution < 1.29 is 29.0 Å². The quantitative estimate of drug-likeness (QED) is 0.342. The van der Waals surface area contributed by atoms with E-state index in [4.69, 9.17) is 9.47 Å². The van der Waals surface area contributed by atoms with E-state index >= 15 is 0 Å². The molecule has 1 unspecified atom stereocenters. The molecule has 41 heavy (non-hydrogen) atoms.